The first-order valence-corrected chi connectivity index (χ1v) is 14.3. The number of aryl methyl sites for hydroxylation is 4. The van der Waals surface area contributed by atoms with Crippen molar-refractivity contribution < 1.29 is 0 Å². The molecule has 8 aromatic rings. The normalized spacial score (nSPS) is 12.5. The lowest BCUT2D eigenvalue weighted by atomic mass is 9.83. The molecular weight excluding hydrogens is 480 g/mol. The van der Waals surface area contributed by atoms with E-state index in [9.17, 15) is 0 Å². The van der Waals surface area contributed by atoms with Gasteiger partial charge in [-0.2, -0.15) is 0 Å². The van der Waals surface area contributed by atoms with Gasteiger partial charge in [0.05, 0.1) is 0 Å². The van der Waals surface area contributed by atoms with Crippen LogP contribution in [0.3, 0.4) is 0 Å². The number of rotatable bonds is 0. The molecule has 9 rings (SSSR count). The van der Waals surface area contributed by atoms with Gasteiger partial charge in [0.15, 0.2) is 0 Å². The molecule has 40 heavy (non-hydrogen) atoms. The third-order valence-corrected chi connectivity index (χ3v) is 9.62. The van der Waals surface area contributed by atoms with Crippen molar-refractivity contribution >= 4 is 64.6 Å². The van der Waals surface area contributed by atoms with Crippen molar-refractivity contribution in [2.24, 2.45) is 0 Å². The summed E-state index contributed by atoms with van der Waals surface area (Å²) in [6, 6.07) is 36.8. The molecular formula is C40H28. The van der Waals surface area contributed by atoms with Gasteiger partial charge in [-0.3, -0.25) is 0 Å². The number of fused-ring (bicyclic) bond motifs is 14. The van der Waals surface area contributed by atoms with E-state index in [-0.39, 0.29) is 0 Å². The summed E-state index contributed by atoms with van der Waals surface area (Å²) < 4.78 is 0. The van der Waals surface area contributed by atoms with Crippen LogP contribution in [0.1, 0.15) is 22.3 Å². The van der Waals surface area contributed by atoms with E-state index in [4.69, 9.17) is 0 Å². The Morgan fingerprint density at radius 2 is 0.725 bits per heavy atom. The SMILES string of the molecule is Cc1cc2c(c3c1cc(C)c1ccc4ccccc4c13)=c1c=2cc(C)c2cc(C)c3ccc4ccccc4c3c12. The monoisotopic (exact) mass is 508 g/mol. The highest BCUT2D eigenvalue weighted by molar-refractivity contribution is 6.24. The van der Waals surface area contributed by atoms with Crippen molar-refractivity contribution in [3.63, 3.8) is 0 Å². The van der Waals surface area contributed by atoms with Gasteiger partial charge in [0.25, 0.3) is 0 Å². The van der Waals surface area contributed by atoms with Crippen molar-refractivity contribution in [1.29, 1.82) is 0 Å². The van der Waals surface area contributed by atoms with E-state index in [0.717, 1.165) is 0 Å². The molecule has 0 atom stereocenters. The van der Waals surface area contributed by atoms with Gasteiger partial charge < -0.3 is 0 Å². The molecule has 0 amide bonds. The summed E-state index contributed by atoms with van der Waals surface area (Å²) in [5, 5.41) is 22.0. The Hall–Kier alpha value is -4.68. The van der Waals surface area contributed by atoms with E-state index in [2.05, 4.69) is 125 Å². The van der Waals surface area contributed by atoms with Gasteiger partial charge >= 0.3 is 0 Å². The first-order valence-electron chi connectivity index (χ1n) is 14.3. The fourth-order valence-electron chi connectivity index (χ4n) is 7.77. The maximum Gasteiger partial charge on any atom is -0.000720 e. The second-order valence-electron chi connectivity index (χ2n) is 11.9. The zero-order valence-corrected chi connectivity index (χ0v) is 23.2. The maximum absolute atomic E-state index is 2.44. The maximum atomic E-state index is 2.44. The number of benzene rings is 8. The van der Waals surface area contributed by atoms with Gasteiger partial charge in [0.1, 0.15) is 0 Å². The van der Waals surface area contributed by atoms with Gasteiger partial charge in [-0.25, -0.2) is 0 Å². The summed E-state index contributed by atoms with van der Waals surface area (Å²) >= 11 is 0. The van der Waals surface area contributed by atoms with Crippen molar-refractivity contribution in [1.82, 2.24) is 0 Å². The van der Waals surface area contributed by atoms with E-state index >= 15 is 0 Å². The van der Waals surface area contributed by atoms with Crippen LogP contribution >= 0.6 is 0 Å². The quantitative estimate of drug-likeness (QED) is 0.179. The second kappa shape index (κ2) is 7.49. The highest BCUT2D eigenvalue weighted by atomic mass is 14.2. The van der Waals surface area contributed by atoms with Crippen LogP contribution in [0.2, 0.25) is 0 Å². The Morgan fingerprint density at radius 1 is 0.325 bits per heavy atom. The molecule has 0 spiro atoms. The van der Waals surface area contributed by atoms with Crippen LogP contribution in [0.15, 0.2) is 97.1 Å². The highest BCUT2D eigenvalue weighted by Gasteiger charge is 2.19. The molecule has 0 heteroatoms. The molecule has 0 N–H and O–H groups in total. The molecule has 188 valence electrons. The van der Waals surface area contributed by atoms with E-state index in [1.165, 1.54) is 108 Å². The van der Waals surface area contributed by atoms with Gasteiger partial charge in [0.2, 0.25) is 0 Å². The van der Waals surface area contributed by atoms with Crippen LogP contribution in [0, 0.1) is 48.6 Å². The molecule has 0 nitrogen and oxygen atoms in total. The lowest BCUT2D eigenvalue weighted by Gasteiger charge is -2.20. The standard InChI is InChI=1S/C40H28/c1-21-17-31-23(3)19-33-34-20-24(4)32-18-22(2)28-16-14-26-10-6-8-12-30(26)36(28)38(32)40(34)39(33)37(31)35-27(21)15-13-25-9-5-7-11-29(25)35/h5-20H,1-4H3. The van der Waals surface area contributed by atoms with Crippen LogP contribution in [0.4, 0.5) is 0 Å². The molecule has 0 saturated carbocycles. The average molecular weight is 509 g/mol. The number of hydrogen-bond acceptors (Lipinski definition) is 0. The smallest absolute Gasteiger partial charge is 0.000720 e. The first kappa shape index (κ1) is 22.2. The van der Waals surface area contributed by atoms with Crippen LogP contribution in [-0.2, 0) is 0 Å². The minimum Gasteiger partial charge on any atom is -0.0616 e. The Kier molecular flexibility index (Phi) is 4.15. The molecule has 0 unspecified atom stereocenters. The predicted molar refractivity (Wildman–Crippen MR) is 172 cm³/mol. The van der Waals surface area contributed by atoms with Crippen molar-refractivity contribution in [2.45, 2.75) is 27.7 Å². The van der Waals surface area contributed by atoms with E-state index in [0.29, 0.717) is 0 Å². The predicted octanol–water partition coefficient (Wildman–Crippen LogP) is 10.7. The van der Waals surface area contributed by atoms with E-state index in [1.54, 1.807) is 0 Å². The Balaban J connectivity index is 1.70. The third kappa shape index (κ3) is 2.62. The Morgan fingerprint density at radius 3 is 1.18 bits per heavy atom. The zero-order valence-electron chi connectivity index (χ0n) is 23.2. The van der Waals surface area contributed by atoms with Crippen LogP contribution in [-0.4, -0.2) is 0 Å². The van der Waals surface area contributed by atoms with Crippen LogP contribution < -0.4 is 0 Å². The minimum absolute atomic E-state index is 1.30. The molecule has 1 aliphatic rings. The molecule has 1 aliphatic carbocycles. The molecule has 0 bridgehead atoms. The summed E-state index contributed by atoms with van der Waals surface area (Å²) in [5.74, 6) is 0. The molecule has 0 saturated heterocycles. The summed E-state index contributed by atoms with van der Waals surface area (Å²) in [4.78, 5) is 0. The Labute approximate surface area is 232 Å². The molecule has 0 aliphatic heterocycles. The summed E-state index contributed by atoms with van der Waals surface area (Å²) in [6.45, 7) is 9.11. The van der Waals surface area contributed by atoms with Gasteiger partial charge in [0, 0.05) is 0 Å². The first-order chi connectivity index (χ1) is 19.5. The summed E-state index contributed by atoms with van der Waals surface area (Å²) in [6.07, 6.45) is 0. The number of hydrogen-bond donors (Lipinski definition) is 0. The second-order valence-corrected chi connectivity index (χ2v) is 11.9. The molecule has 8 aromatic carbocycles. The average Bonchev–Trinajstić information content (AvgIpc) is 2.97. The Bertz CT molecular complexity index is 2490. The van der Waals surface area contributed by atoms with Gasteiger partial charge in [-0.15, -0.1) is 0 Å². The summed E-state index contributed by atoms with van der Waals surface area (Å²) in [5.41, 5.74) is 5.40. The fourth-order valence-corrected chi connectivity index (χ4v) is 7.77. The lowest BCUT2D eigenvalue weighted by Crippen LogP contribution is -2.00. The largest absolute Gasteiger partial charge is 0.0616 e. The van der Waals surface area contributed by atoms with Gasteiger partial charge in [-0.1, -0.05) is 97.1 Å². The van der Waals surface area contributed by atoms with Crippen LogP contribution in [0.5, 0.6) is 0 Å². The van der Waals surface area contributed by atoms with Gasteiger partial charge in [-0.05, 0) is 135 Å². The van der Waals surface area contributed by atoms with Crippen molar-refractivity contribution in [2.75, 3.05) is 0 Å². The molecule has 0 radical (unpaired) electrons. The molecule has 0 heterocycles. The topological polar surface area (TPSA) is 0 Å². The van der Waals surface area contributed by atoms with E-state index < -0.39 is 0 Å². The third-order valence-electron chi connectivity index (χ3n) is 9.62. The minimum atomic E-state index is 1.30. The van der Waals surface area contributed by atoms with Crippen molar-refractivity contribution in [3.8, 4) is 0 Å². The highest BCUT2D eigenvalue weighted by Crippen LogP contribution is 2.42. The van der Waals surface area contributed by atoms with Crippen molar-refractivity contribution in [3.05, 3.63) is 140 Å². The zero-order chi connectivity index (χ0) is 26.9. The molecule has 0 fully saturated rings. The fraction of sp³-hybridized carbons (Fsp3) is 0.100. The lowest BCUT2D eigenvalue weighted by molar-refractivity contribution is 1.30. The van der Waals surface area contributed by atoms with E-state index in [1.807, 2.05) is 0 Å². The summed E-state index contributed by atoms with van der Waals surface area (Å²) in [7, 11) is 0. The van der Waals surface area contributed by atoms with Crippen LogP contribution in [0.25, 0.3) is 64.6 Å². The molecule has 0 aromatic heterocycles.